The molecule has 0 aliphatic carbocycles. The van der Waals surface area contributed by atoms with Crippen LogP contribution in [-0.4, -0.2) is 36.2 Å². The maximum absolute atomic E-state index is 12.7. The van der Waals surface area contributed by atoms with Crippen molar-refractivity contribution in [1.82, 2.24) is 4.90 Å². The molecule has 6 heteroatoms. The normalized spacial score (nSPS) is 17.2. The van der Waals surface area contributed by atoms with E-state index in [0.29, 0.717) is 28.9 Å². The van der Waals surface area contributed by atoms with Crippen molar-refractivity contribution < 1.29 is 14.3 Å². The van der Waals surface area contributed by atoms with Gasteiger partial charge in [-0.05, 0) is 78.8 Å². The van der Waals surface area contributed by atoms with Gasteiger partial charge in [-0.25, -0.2) is 0 Å². The number of methoxy groups -OCH3 is 1. The van der Waals surface area contributed by atoms with Crippen LogP contribution in [0.4, 0.5) is 0 Å². The highest BCUT2D eigenvalue weighted by Crippen LogP contribution is 2.35. The Hall–Kier alpha value is -3.51. The Bertz CT molecular complexity index is 1290. The lowest BCUT2D eigenvalue weighted by atomic mass is 9.90. The quantitative estimate of drug-likeness (QED) is 0.338. The zero-order valence-electron chi connectivity index (χ0n) is 21.4. The summed E-state index contributed by atoms with van der Waals surface area (Å²) >= 11 is 1.47. The van der Waals surface area contributed by atoms with Crippen LogP contribution in [0, 0.1) is 12.8 Å². The minimum Gasteiger partial charge on any atom is -0.493 e. The first kappa shape index (κ1) is 25.2. The lowest BCUT2D eigenvalue weighted by Crippen LogP contribution is -2.37. The number of amides is 1. The Morgan fingerprint density at radius 2 is 1.73 bits per heavy atom. The number of piperidine rings is 1. The molecule has 0 saturated carbocycles. The topological polar surface area (TPSA) is 51.1 Å². The number of hydrogen-bond acceptors (Lipinski definition) is 5. The van der Waals surface area contributed by atoms with Gasteiger partial charge in [-0.1, -0.05) is 66.2 Å². The lowest BCUT2D eigenvalue weighted by molar-refractivity contribution is -0.113. The number of carbonyl (C=O) groups is 1. The van der Waals surface area contributed by atoms with Gasteiger partial charge < -0.3 is 14.4 Å². The molecule has 37 heavy (non-hydrogen) atoms. The largest absolute Gasteiger partial charge is 0.493 e. The highest BCUT2D eigenvalue weighted by Gasteiger charge is 2.29. The molecule has 2 aliphatic rings. The average Bonchev–Trinajstić information content (AvgIpc) is 3.29. The molecule has 0 radical (unpaired) electrons. The van der Waals surface area contributed by atoms with Crippen molar-refractivity contribution in [1.29, 1.82) is 0 Å². The van der Waals surface area contributed by atoms with Crippen molar-refractivity contribution in [2.24, 2.45) is 10.9 Å². The van der Waals surface area contributed by atoms with E-state index >= 15 is 0 Å². The number of aliphatic imine (C=N–C) groups is 1. The molecular formula is C31H32N2O3S. The van der Waals surface area contributed by atoms with Crippen LogP contribution in [-0.2, 0) is 17.8 Å². The Balaban J connectivity index is 1.18. The van der Waals surface area contributed by atoms with Crippen LogP contribution >= 0.6 is 11.8 Å². The molecule has 3 aromatic carbocycles. The molecule has 0 aromatic heterocycles. The third-order valence-electron chi connectivity index (χ3n) is 6.86. The smallest absolute Gasteiger partial charge is 0.286 e. The molecule has 1 saturated heterocycles. The van der Waals surface area contributed by atoms with Crippen molar-refractivity contribution in [2.45, 2.75) is 32.8 Å². The molecule has 5 nitrogen and oxygen atoms in total. The summed E-state index contributed by atoms with van der Waals surface area (Å²) in [6.45, 7) is 4.40. The van der Waals surface area contributed by atoms with Crippen LogP contribution in [0.1, 0.15) is 35.1 Å². The molecule has 0 unspecified atom stereocenters. The first-order valence-electron chi connectivity index (χ1n) is 12.8. The minimum atomic E-state index is -0.176. The van der Waals surface area contributed by atoms with E-state index < -0.39 is 0 Å². The second-order valence-corrected chi connectivity index (χ2v) is 10.6. The zero-order chi connectivity index (χ0) is 25.6. The Morgan fingerprint density at radius 3 is 2.46 bits per heavy atom. The molecule has 3 aromatic rings. The number of hydrogen-bond donors (Lipinski definition) is 0. The van der Waals surface area contributed by atoms with Crippen molar-refractivity contribution in [3.8, 4) is 11.5 Å². The molecule has 0 spiro atoms. The lowest BCUT2D eigenvalue weighted by Gasteiger charge is -2.32. The fourth-order valence-corrected chi connectivity index (χ4v) is 5.66. The molecular weight excluding hydrogens is 480 g/mol. The van der Waals surface area contributed by atoms with Crippen molar-refractivity contribution in [3.05, 3.63) is 100.0 Å². The summed E-state index contributed by atoms with van der Waals surface area (Å²) in [7, 11) is 1.63. The van der Waals surface area contributed by atoms with E-state index in [9.17, 15) is 4.79 Å². The zero-order valence-corrected chi connectivity index (χ0v) is 22.2. The molecule has 0 N–H and O–H groups in total. The van der Waals surface area contributed by atoms with Gasteiger partial charge in [0.15, 0.2) is 16.7 Å². The predicted molar refractivity (Wildman–Crippen MR) is 151 cm³/mol. The monoisotopic (exact) mass is 512 g/mol. The maximum atomic E-state index is 12.7. The van der Waals surface area contributed by atoms with Crippen molar-refractivity contribution >= 4 is 28.9 Å². The predicted octanol–water partition coefficient (Wildman–Crippen LogP) is 6.51. The van der Waals surface area contributed by atoms with Crippen LogP contribution in [0.5, 0.6) is 11.5 Å². The SMILES string of the molecule is COc1cc(/C=C2\SC(N3CCC(Cc4ccccc4)CC3)=NC2=O)ccc1OCc1ccc(C)cc1. The summed E-state index contributed by atoms with van der Waals surface area (Å²) in [6.07, 6.45) is 5.23. The van der Waals surface area contributed by atoms with Gasteiger partial charge in [-0.15, -0.1) is 0 Å². The summed E-state index contributed by atoms with van der Waals surface area (Å²) in [5.74, 6) is 1.81. The van der Waals surface area contributed by atoms with E-state index in [1.165, 1.54) is 22.9 Å². The second kappa shape index (κ2) is 11.7. The molecule has 2 aliphatic heterocycles. The van der Waals surface area contributed by atoms with E-state index in [0.717, 1.165) is 48.6 Å². The fourth-order valence-electron chi connectivity index (χ4n) is 4.70. The summed E-state index contributed by atoms with van der Waals surface area (Å²) in [6, 6.07) is 24.7. The van der Waals surface area contributed by atoms with Crippen LogP contribution in [0.3, 0.4) is 0 Å². The standard InChI is InChI=1S/C31H32N2O3S/c1-22-8-10-25(11-9-22)21-36-27-13-12-26(19-28(27)35-2)20-29-30(34)32-31(37-29)33-16-14-24(15-17-33)18-23-6-4-3-5-7-23/h3-13,19-20,24H,14-18,21H2,1-2H3/b29-20-. The number of benzene rings is 3. The summed E-state index contributed by atoms with van der Waals surface area (Å²) in [5.41, 5.74) is 4.60. The Labute approximate surface area is 223 Å². The highest BCUT2D eigenvalue weighted by molar-refractivity contribution is 8.18. The summed E-state index contributed by atoms with van der Waals surface area (Å²) in [5, 5.41) is 0.819. The number of nitrogens with zero attached hydrogens (tertiary/aromatic N) is 2. The van der Waals surface area contributed by atoms with E-state index in [1.54, 1.807) is 7.11 Å². The van der Waals surface area contributed by atoms with Crippen LogP contribution in [0.2, 0.25) is 0 Å². The number of carbonyl (C=O) groups excluding carboxylic acids is 1. The number of amidine groups is 1. The van der Waals surface area contributed by atoms with Gasteiger partial charge in [-0.2, -0.15) is 4.99 Å². The number of rotatable bonds is 7. The van der Waals surface area contributed by atoms with Crippen LogP contribution < -0.4 is 9.47 Å². The number of likely N-dealkylation sites (tertiary alicyclic amines) is 1. The van der Waals surface area contributed by atoms with Crippen molar-refractivity contribution in [2.75, 3.05) is 20.2 Å². The minimum absolute atomic E-state index is 0.176. The van der Waals surface area contributed by atoms with Gasteiger partial charge in [0.1, 0.15) is 6.61 Å². The van der Waals surface area contributed by atoms with Crippen molar-refractivity contribution in [3.63, 3.8) is 0 Å². The average molecular weight is 513 g/mol. The number of aryl methyl sites for hydroxylation is 1. The second-order valence-electron chi connectivity index (χ2n) is 9.61. The number of thioether (sulfide) groups is 1. The molecule has 190 valence electrons. The first-order chi connectivity index (χ1) is 18.1. The highest BCUT2D eigenvalue weighted by atomic mass is 32.2. The molecule has 2 heterocycles. The summed E-state index contributed by atoms with van der Waals surface area (Å²) < 4.78 is 11.6. The molecule has 0 atom stereocenters. The van der Waals surface area contributed by atoms with E-state index in [2.05, 4.69) is 71.4 Å². The van der Waals surface area contributed by atoms with E-state index in [4.69, 9.17) is 9.47 Å². The Kier molecular flexibility index (Phi) is 7.95. The first-order valence-corrected chi connectivity index (χ1v) is 13.6. The van der Waals surface area contributed by atoms with Gasteiger partial charge >= 0.3 is 0 Å². The maximum Gasteiger partial charge on any atom is 0.286 e. The third kappa shape index (κ3) is 6.44. The molecule has 0 bridgehead atoms. The van der Waals surface area contributed by atoms with E-state index in [-0.39, 0.29) is 5.91 Å². The van der Waals surface area contributed by atoms with Gasteiger partial charge in [0.25, 0.3) is 5.91 Å². The fraction of sp³-hybridized carbons (Fsp3) is 0.290. The van der Waals surface area contributed by atoms with E-state index in [1.807, 2.05) is 24.3 Å². The molecule has 1 amide bonds. The molecule has 1 fully saturated rings. The number of ether oxygens (including phenoxy) is 2. The van der Waals surface area contributed by atoms with Gasteiger partial charge in [-0.3, -0.25) is 4.79 Å². The third-order valence-corrected chi connectivity index (χ3v) is 7.91. The summed E-state index contributed by atoms with van der Waals surface area (Å²) in [4.78, 5) is 19.9. The van der Waals surface area contributed by atoms with Gasteiger partial charge in [0.2, 0.25) is 0 Å². The van der Waals surface area contributed by atoms with Crippen LogP contribution in [0.25, 0.3) is 6.08 Å². The van der Waals surface area contributed by atoms with Crippen LogP contribution in [0.15, 0.2) is 82.7 Å². The van der Waals surface area contributed by atoms with Gasteiger partial charge in [0.05, 0.1) is 12.0 Å². The molecule has 5 rings (SSSR count). The van der Waals surface area contributed by atoms with Gasteiger partial charge in [0, 0.05) is 13.1 Å². The Morgan fingerprint density at radius 1 is 0.973 bits per heavy atom.